The Labute approximate surface area is 592 Å². The van der Waals surface area contributed by atoms with Gasteiger partial charge in [0.15, 0.2) is 18.9 Å². The molecule has 17 unspecified atom stereocenters. The van der Waals surface area contributed by atoms with Gasteiger partial charge in [-0.25, -0.2) is 0 Å². The molecule has 0 aliphatic carbocycles. The van der Waals surface area contributed by atoms with Crippen LogP contribution in [0.15, 0.2) is 60.8 Å². The van der Waals surface area contributed by atoms with E-state index in [0.717, 1.165) is 51.4 Å². The van der Waals surface area contributed by atoms with Crippen molar-refractivity contribution in [1.82, 2.24) is 5.32 Å². The molecule has 0 aromatic carbocycles. The molecule has 17 atom stereocenters. The van der Waals surface area contributed by atoms with Gasteiger partial charge in [-0.2, -0.15) is 0 Å². The van der Waals surface area contributed by atoms with Gasteiger partial charge in [0, 0.05) is 6.42 Å². The fourth-order valence-electron chi connectivity index (χ4n) is 13.2. The van der Waals surface area contributed by atoms with Gasteiger partial charge < -0.3 is 89.9 Å². The van der Waals surface area contributed by atoms with E-state index in [2.05, 4.69) is 67.8 Å². The van der Waals surface area contributed by atoms with Gasteiger partial charge in [0.1, 0.15) is 73.2 Å². The lowest BCUT2D eigenvalue weighted by molar-refractivity contribution is -0.379. The first kappa shape index (κ1) is 89.7. The van der Waals surface area contributed by atoms with Crippen molar-refractivity contribution in [2.75, 3.05) is 26.4 Å². The van der Waals surface area contributed by atoms with Crippen molar-refractivity contribution in [1.29, 1.82) is 0 Å². The number of allylic oxidation sites excluding steroid dienone is 9. The Hall–Kier alpha value is -2.51. The molecule has 0 aromatic rings. The Bertz CT molecular complexity index is 2010. The number of rotatable bonds is 62. The summed E-state index contributed by atoms with van der Waals surface area (Å²) in [6, 6.07) is -0.993. The third kappa shape index (κ3) is 39.9. The molecule has 19 heteroatoms. The van der Waals surface area contributed by atoms with Crippen LogP contribution in [0.5, 0.6) is 0 Å². The van der Waals surface area contributed by atoms with Gasteiger partial charge >= 0.3 is 0 Å². The minimum atomic E-state index is -1.98. The van der Waals surface area contributed by atoms with E-state index in [1.54, 1.807) is 6.08 Å². The zero-order chi connectivity index (χ0) is 71.1. The van der Waals surface area contributed by atoms with Crippen LogP contribution in [0.3, 0.4) is 0 Å². The normalized spacial score (nSPS) is 27.1. The van der Waals surface area contributed by atoms with E-state index in [1.807, 2.05) is 6.08 Å². The third-order valence-corrected chi connectivity index (χ3v) is 19.5. The minimum absolute atomic E-state index is 0.235. The van der Waals surface area contributed by atoms with Crippen molar-refractivity contribution in [3.63, 3.8) is 0 Å². The van der Waals surface area contributed by atoms with Crippen LogP contribution in [-0.2, 0) is 33.2 Å². The minimum Gasteiger partial charge on any atom is -0.394 e. The number of nitrogens with one attached hydrogen (secondary N) is 1. The molecular weight excluding hydrogens is 1250 g/mol. The third-order valence-electron chi connectivity index (χ3n) is 19.5. The number of carbonyl (C=O) groups is 1. The van der Waals surface area contributed by atoms with E-state index >= 15 is 0 Å². The summed E-state index contributed by atoms with van der Waals surface area (Å²) in [6.45, 7) is 1.74. The topological polar surface area (TPSA) is 307 Å². The summed E-state index contributed by atoms with van der Waals surface area (Å²) in [5, 5.41) is 121. The number of aliphatic hydroxyl groups excluding tert-OH is 11. The summed E-state index contributed by atoms with van der Waals surface area (Å²) in [5.74, 6) is -0.283. The molecule has 0 bridgehead atoms. The van der Waals surface area contributed by atoms with Crippen LogP contribution >= 0.6 is 0 Å². The summed E-state index contributed by atoms with van der Waals surface area (Å²) >= 11 is 0. The summed E-state index contributed by atoms with van der Waals surface area (Å²) in [7, 11) is 0. The van der Waals surface area contributed by atoms with Gasteiger partial charge in [-0.05, 0) is 70.6 Å². The SMILES string of the molecule is CCCCCCC/C=C\C/C=C\C/C=C\CCCCCCCCCCCCCCCCCCC(=O)NC(COC1OC(CO)C(OC2OC(CO)C(OC3OC(CO)C(O)C(O)C3O)C(O)C2O)C(O)C1O)C(O)/C=C/CC/C=C/CCCCCCCCCCCCCCCCCC. The Morgan fingerprint density at radius 1 is 0.367 bits per heavy atom. The number of carbonyl (C=O) groups excluding carboxylic acids is 1. The number of aliphatic hydroxyl groups is 11. The zero-order valence-electron chi connectivity index (χ0n) is 61.0. The average molecular weight is 1400 g/mol. The highest BCUT2D eigenvalue weighted by atomic mass is 16.8. The predicted molar refractivity (Wildman–Crippen MR) is 388 cm³/mol. The van der Waals surface area contributed by atoms with E-state index in [-0.39, 0.29) is 18.9 Å². The molecular formula is C79H143NO18. The van der Waals surface area contributed by atoms with E-state index < -0.39 is 124 Å². The molecule has 12 N–H and O–H groups in total. The van der Waals surface area contributed by atoms with Crippen LogP contribution in [0.1, 0.15) is 303 Å². The Morgan fingerprint density at radius 2 is 0.684 bits per heavy atom. The molecule has 0 radical (unpaired) electrons. The van der Waals surface area contributed by atoms with Gasteiger partial charge in [0.2, 0.25) is 5.91 Å². The number of unbranched alkanes of at least 4 members (excludes halogenated alkanes) is 38. The van der Waals surface area contributed by atoms with Crippen molar-refractivity contribution in [3.05, 3.63) is 60.8 Å². The molecule has 3 aliphatic rings. The second-order valence-electron chi connectivity index (χ2n) is 28.2. The van der Waals surface area contributed by atoms with E-state index in [4.69, 9.17) is 28.4 Å². The second kappa shape index (κ2) is 59.8. The molecule has 572 valence electrons. The van der Waals surface area contributed by atoms with Crippen molar-refractivity contribution in [2.24, 2.45) is 0 Å². The molecule has 0 aromatic heterocycles. The van der Waals surface area contributed by atoms with Crippen LogP contribution in [0.4, 0.5) is 0 Å². The number of amides is 1. The summed E-state index contributed by atoms with van der Waals surface area (Å²) in [5.41, 5.74) is 0. The van der Waals surface area contributed by atoms with Gasteiger partial charge in [-0.1, -0.05) is 286 Å². The molecule has 1 amide bonds. The average Bonchev–Trinajstić information content (AvgIpc) is 0.785. The van der Waals surface area contributed by atoms with Gasteiger partial charge in [-0.15, -0.1) is 0 Å². The first-order valence-electron chi connectivity index (χ1n) is 39.5. The molecule has 0 spiro atoms. The van der Waals surface area contributed by atoms with Gasteiger partial charge in [0.25, 0.3) is 0 Å². The van der Waals surface area contributed by atoms with Crippen molar-refractivity contribution >= 4 is 5.91 Å². The maximum Gasteiger partial charge on any atom is 0.220 e. The fraction of sp³-hybridized carbons (Fsp3) is 0.861. The fourth-order valence-corrected chi connectivity index (χ4v) is 13.2. The second-order valence-corrected chi connectivity index (χ2v) is 28.2. The molecule has 98 heavy (non-hydrogen) atoms. The standard InChI is InChI=1S/C79H143NO18/c1-3-5-7-9-11-13-15-17-19-21-23-25-27-28-29-30-31-32-33-34-35-37-39-41-43-45-47-49-51-53-55-57-67(85)80-62(63(84)56-54-52-50-48-46-44-42-40-38-36-26-24-22-20-18-16-14-12-10-8-6-4-2)61-93-77-73(91)70(88)75(65(59-82)95-77)98-79-74(92)71(89)76(66(60-83)96-79)97-78-72(90)69(87)68(86)64(58-81)94-78/h15,17,21,23,27-28,46,48,54,56,62-66,68-79,81-84,86-92H,3-14,16,18-20,22,24-26,29-45,47,49-53,55,57-61H2,1-2H3,(H,80,85)/b17-15-,23-21-,28-27-,48-46+,56-54+. The smallest absolute Gasteiger partial charge is 0.220 e. The van der Waals surface area contributed by atoms with Crippen LogP contribution in [0, 0.1) is 0 Å². The van der Waals surface area contributed by atoms with Crippen LogP contribution in [0.2, 0.25) is 0 Å². The first-order chi connectivity index (χ1) is 47.8. The predicted octanol–water partition coefficient (Wildman–Crippen LogP) is 12.7. The largest absolute Gasteiger partial charge is 0.394 e. The molecule has 3 aliphatic heterocycles. The van der Waals surface area contributed by atoms with E-state index in [9.17, 15) is 61.0 Å². The lowest BCUT2D eigenvalue weighted by Gasteiger charge is -2.48. The molecule has 0 saturated carbocycles. The molecule has 3 heterocycles. The van der Waals surface area contributed by atoms with Crippen molar-refractivity contribution < 1.29 is 89.4 Å². The molecule has 3 fully saturated rings. The highest BCUT2D eigenvalue weighted by Gasteiger charge is 2.53. The number of hydrogen-bond donors (Lipinski definition) is 12. The maximum absolute atomic E-state index is 13.5. The zero-order valence-corrected chi connectivity index (χ0v) is 61.0. The van der Waals surface area contributed by atoms with Crippen LogP contribution in [0.25, 0.3) is 0 Å². The highest BCUT2D eigenvalue weighted by Crippen LogP contribution is 2.33. The van der Waals surface area contributed by atoms with Crippen LogP contribution in [-0.4, -0.2) is 193 Å². The summed E-state index contributed by atoms with van der Waals surface area (Å²) in [6.07, 6.45) is 49.2. The van der Waals surface area contributed by atoms with E-state index in [1.165, 1.54) is 218 Å². The molecule has 3 saturated heterocycles. The van der Waals surface area contributed by atoms with E-state index in [0.29, 0.717) is 12.8 Å². The van der Waals surface area contributed by atoms with Gasteiger partial charge in [0.05, 0.1) is 38.6 Å². The number of ether oxygens (including phenoxy) is 6. The summed E-state index contributed by atoms with van der Waals surface area (Å²) < 4.78 is 34.4. The monoisotopic (exact) mass is 1390 g/mol. The van der Waals surface area contributed by atoms with Gasteiger partial charge in [-0.3, -0.25) is 4.79 Å². The quantitative estimate of drug-likeness (QED) is 0.0199. The Balaban J connectivity index is 1.39. The van der Waals surface area contributed by atoms with Crippen LogP contribution < -0.4 is 5.32 Å². The Morgan fingerprint density at radius 3 is 1.09 bits per heavy atom. The first-order valence-corrected chi connectivity index (χ1v) is 39.5. The molecule has 19 nitrogen and oxygen atoms in total. The number of hydrogen-bond acceptors (Lipinski definition) is 18. The lowest BCUT2D eigenvalue weighted by atomic mass is 9.96. The maximum atomic E-state index is 13.5. The van der Waals surface area contributed by atoms with Crippen molar-refractivity contribution in [3.8, 4) is 0 Å². The highest BCUT2D eigenvalue weighted by molar-refractivity contribution is 5.76. The lowest BCUT2D eigenvalue weighted by Crippen LogP contribution is -2.66. The summed E-state index contributed by atoms with van der Waals surface area (Å²) in [4.78, 5) is 13.5. The van der Waals surface area contributed by atoms with Crippen molar-refractivity contribution in [2.45, 2.75) is 407 Å². The molecule has 3 rings (SSSR count). The Kier molecular flexibility index (Phi) is 54.8.